The van der Waals surface area contributed by atoms with Crippen LogP contribution in [0.4, 0.5) is 11.4 Å². The number of rotatable bonds is 7. The molecule has 0 aliphatic carbocycles. The lowest BCUT2D eigenvalue weighted by Crippen LogP contribution is -2.47. The minimum absolute atomic E-state index is 0.241. The van der Waals surface area contributed by atoms with Gasteiger partial charge in [0.2, 0.25) is 15.9 Å². The van der Waals surface area contributed by atoms with Gasteiger partial charge in [0.15, 0.2) is 0 Å². The van der Waals surface area contributed by atoms with Crippen molar-refractivity contribution >= 4 is 44.9 Å². The number of carbonyl (C=O) groups is 2. The summed E-state index contributed by atoms with van der Waals surface area (Å²) >= 11 is 6.06. The van der Waals surface area contributed by atoms with Crippen molar-refractivity contribution < 1.29 is 22.7 Å². The number of methoxy groups -OCH3 is 1. The van der Waals surface area contributed by atoms with Crippen molar-refractivity contribution in [2.24, 2.45) is 0 Å². The molecule has 1 amide bonds. The van der Waals surface area contributed by atoms with E-state index in [2.05, 4.69) is 10.1 Å². The number of hydrogen-bond donors (Lipinski definition) is 1. The number of hydrogen-bond acceptors (Lipinski definition) is 5. The second-order valence-electron chi connectivity index (χ2n) is 6.47. The number of sulfonamides is 1. The zero-order chi connectivity index (χ0) is 21.8. The standard InChI is InChI=1S/C20H23ClN2O5S/c1-5-17(19(24)22-16-10-7-14(8-11-16)20(25)28-3)23(29(4,26)27)18-12-15(21)9-6-13(18)2/h6-12,17H,5H2,1-4H3,(H,22,24)/t17-/m1/s1. The Hall–Kier alpha value is -2.58. The lowest BCUT2D eigenvalue weighted by molar-refractivity contribution is -0.117. The molecule has 1 atom stereocenters. The maximum Gasteiger partial charge on any atom is 0.337 e. The van der Waals surface area contributed by atoms with Gasteiger partial charge in [0.05, 0.1) is 24.6 Å². The number of nitrogens with zero attached hydrogens (tertiary/aromatic N) is 1. The van der Waals surface area contributed by atoms with E-state index < -0.39 is 27.9 Å². The van der Waals surface area contributed by atoms with Crippen molar-refractivity contribution in [2.75, 3.05) is 23.0 Å². The summed E-state index contributed by atoms with van der Waals surface area (Å²) in [5.41, 5.74) is 1.79. The van der Waals surface area contributed by atoms with E-state index in [0.29, 0.717) is 27.5 Å². The van der Waals surface area contributed by atoms with Crippen LogP contribution < -0.4 is 9.62 Å². The van der Waals surface area contributed by atoms with Crippen molar-refractivity contribution in [1.82, 2.24) is 0 Å². The van der Waals surface area contributed by atoms with Crippen LogP contribution >= 0.6 is 11.6 Å². The summed E-state index contributed by atoms with van der Waals surface area (Å²) in [5, 5.41) is 3.07. The fourth-order valence-corrected chi connectivity index (χ4v) is 4.32. The summed E-state index contributed by atoms with van der Waals surface area (Å²) < 4.78 is 30.8. The Labute approximate surface area is 175 Å². The molecular formula is C20H23ClN2O5S. The molecule has 0 aliphatic rings. The lowest BCUT2D eigenvalue weighted by atomic mass is 10.1. The molecule has 0 unspecified atom stereocenters. The van der Waals surface area contributed by atoms with Crippen LogP contribution in [0.15, 0.2) is 42.5 Å². The van der Waals surface area contributed by atoms with Crippen molar-refractivity contribution in [2.45, 2.75) is 26.3 Å². The number of esters is 1. The molecule has 1 N–H and O–H groups in total. The molecule has 156 valence electrons. The molecule has 9 heteroatoms. The van der Waals surface area contributed by atoms with Crippen LogP contribution in [0.5, 0.6) is 0 Å². The van der Waals surface area contributed by atoms with Crippen LogP contribution in [0.2, 0.25) is 5.02 Å². The van der Waals surface area contributed by atoms with Crippen LogP contribution in [-0.4, -0.2) is 39.7 Å². The number of halogens is 1. The number of ether oxygens (including phenoxy) is 1. The fraction of sp³-hybridized carbons (Fsp3) is 0.300. The topological polar surface area (TPSA) is 92.8 Å². The Morgan fingerprint density at radius 2 is 1.79 bits per heavy atom. The maximum absolute atomic E-state index is 12.9. The molecule has 2 aromatic carbocycles. The summed E-state index contributed by atoms with van der Waals surface area (Å²) in [5.74, 6) is -0.989. The van der Waals surface area contributed by atoms with Crippen LogP contribution in [-0.2, 0) is 19.6 Å². The molecular weight excluding hydrogens is 416 g/mol. The number of aryl methyl sites for hydroxylation is 1. The number of nitrogens with one attached hydrogen (secondary N) is 1. The normalized spacial score (nSPS) is 12.2. The fourth-order valence-electron chi connectivity index (χ4n) is 2.89. The molecule has 0 saturated carbocycles. The Kier molecular flexibility index (Phi) is 7.26. The smallest absolute Gasteiger partial charge is 0.337 e. The van der Waals surface area contributed by atoms with E-state index in [1.807, 2.05) is 0 Å². The molecule has 0 radical (unpaired) electrons. The number of amides is 1. The summed E-state index contributed by atoms with van der Waals surface area (Å²) in [7, 11) is -2.50. The molecule has 2 aromatic rings. The molecule has 0 heterocycles. The third kappa shape index (κ3) is 5.48. The monoisotopic (exact) mass is 438 g/mol. The molecule has 0 aliphatic heterocycles. The predicted octanol–water partition coefficient (Wildman–Crippen LogP) is 3.62. The highest BCUT2D eigenvalue weighted by molar-refractivity contribution is 7.92. The Balaban J connectivity index is 2.36. The average Bonchev–Trinajstić information content (AvgIpc) is 2.67. The van der Waals surface area contributed by atoms with Crippen LogP contribution in [0.1, 0.15) is 29.3 Å². The van der Waals surface area contributed by atoms with E-state index in [-0.39, 0.29) is 6.42 Å². The van der Waals surface area contributed by atoms with E-state index in [4.69, 9.17) is 11.6 Å². The first kappa shape index (κ1) is 22.7. The highest BCUT2D eigenvalue weighted by atomic mass is 35.5. The molecule has 2 rings (SSSR count). The Bertz CT molecular complexity index is 1010. The quantitative estimate of drug-likeness (QED) is 0.666. The van der Waals surface area contributed by atoms with Gasteiger partial charge in [0.1, 0.15) is 6.04 Å². The molecule has 0 bridgehead atoms. The summed E-state index contributed by atoms with van der Waals surface area (Å²) in [6.45, 7) is 3.47. The van der Waals surface area contributed by atoms with Gasteiger partial charge in [-0.25, -0.2) is 13.2 Å². The van der Waals surface area contributed by atoms with Gasteiger partial charge in [0.25, 0.3) is 0 Å². The van der Waals surface area contributed by atoms with E-state index >= 15 is 0 Å². The SMILES string of the molecule is CC[C@H](C(=O)Nc1ccc(C(=O)OC)cc1)N(c1cc(Cl)ccc1C)S(C)(=O)=O. The Morgan fingerprint density at radius 3 is 2.31 bits per heavy atom. The van der Waals surface area contributed by atoms with Crippen molar-refractivity contribution in [3.8, 4) is 0 Å². The zero-order valence-electron chi connectivity index (χ0n) is 16.6. The third-order valence-electron chi connectivity index (χ3n) is 4.31. The second-order valence-corrected chi connectivity index (χ2v) is 8.77. The van der Waals surface area contributed by atoms with Gasteiger partial charge in [-0.2, -0.15) is 0 Å². The molecule has 7 nitrogen and oxygen atoms in total. The highest BCUT2D eigenvalue weighted by Crippen LogP contribution is 2.29. The molecule has 0 fully saturated rings. The average molecular weight is 439 g/mol. The molecule has 29 heavy (non-hydrogen) atoms. The van der Waals surface area contributed by atoms with Crippen molar-refractivity contribution in [3.05, 3.63) is 58.6 Å². The Morgan fingerprint density at radius 1 is 1.17 bits per heavy atom. The van der Waals surface area contributed by atoms with Crippen molar-refractivity contribution in [3.63, 3.8) is 0 Å². The minimum atomic E-state index is -3.77. The first-order valence-electron chi connectivity index (χ1n) is 8.83. The van der Waals surface area contributed by atoms with Gasteiger partial charge < -0.3 is 10.1 Å². The molecule has 0 saturated heterocycles. The van der Waals surface area contributed by atoms with Gasteiger partial charge in [-0.05, 0) is 55.3 Å². The third-order valence-corrected chi connectivity index (χ3v) is 5.71. The largest absolute Gasteiger partial charge is 0.465 e. The summed E-state index contributed by atoms with van der Waals surface area (Å²) in [4.78, 5) is 24.5. The van der Waals surface area contributed by atoms with Crippen LogP contribution in [0, 0.1) is 6.92 Å². The highest BCUT2D eigenvalue weighted by Gasteiger charge is 2.32. The van der Waals surface area contributed by atoms with E-state index in [1.54, 1.807) is 38.1 Å². The minimum Gasteiger partial charge on any atom is -0.465 e. The van der Waals surface area contributed by atoms with Gasteiger partial charge in [0, 0.05) is 10.7 Å². The van der Waals surface area contributed by atoms with E-state index in [9.17, 15) is 18.0 Å². The first-order chi connectivity index (χ1) is 13.6. The molecule has 0 spiro atoms. The number of anilines is 2. The van der Waals surface area contributed by atoms with Gasteiger partial charge >= 0.3 is 5.97 Å². The number of carbonyl (C=O) groups excluding carboxylic acids is 2. The van der Waals surface area contributed by atoms with Crippen LogP contribution in [0.3, 0.4) is 0 Å². The number of benzene rings is 2. The van der Waals surface area contributed by atoms with Gasteiger partial charge in [-0.3, -0.25) is 9.10 Å². The van der Waals surface area contributed by atoms with Gasteiger partial charge in [-0.15, -0.1) is 0 Å². The predicted molar refractivity (Wildman–Crippen MR) is 114 cm³/mol. The van der Waals surface area contributed by atoms with E-state index in [0.717, 1.165) is 10.6 Å². The van der Waals surface area contributed by atoms with Gasteiger partial charge in [-0.1, -0.05) is 24.6 Å². The molecule has 0 aromatic heterocycles. The van der Waals surface area contributed by atoms with Crippen molar-refractivity contribution in [1.29, 1.82) is 0 Å². The van der Waals surface area contributed by atoms with E-state index in [1.165, 1.54) is 25.3 Å². The zero-order valence-corrected chi connectivity index (χ0v) is 18.2. The summed E-state index contributed by atoms with van der Waals surface area (Å²) in [6.07, 6.45) is 1.29. The lowest BCUT2D eigenvalue weighted by Gasteiger charge is -2.31. The first-order valence-corrected chi connectivity index (χ1v) is 11.1. The summed E-state index contributed by atoms with van der Waals surface area (Å²) in [6, 6.07) is 10.0. The second kappa shape index (κ2) is 9.28. The van der Waals surface area contributed by atoms with Crippen LogP contribution in [0.25, 0.3) is 0 Å². The maximum atomic E-state index is 12.9.